The molecular weight excluding hydrogens is 739 g/mol. The van der Waals surface area contributed by atoms with Crippen LogP contribution in [0.5, 0.6) is 0 Å². The number of nitrogens with zero attached hydrogens (tertiary/aromatic N) is 9. The van der Waals surface area contributed by atoms with Gasteiger partial charge in [0.25, 0.3) is 0 Å². The molecule has 6 heterocycles. The summed E-state index contributed by atoms with van der Waals surface area (Å²) >= 11 is 0. The maximum Gasteiger partial charge on any atom is 0.141 e. The van der Waals surface area contributed by atoms with E-state index in [0.29, 0.717) is 0 Å². The van der Waals surface area contributed by atoms with Crippen LogP contribution in [-0.2, 0) is 19.6 Å². The molecule has 0 bridgehead atoms. The summed E-state index contributed by atoms with van der Waals surface area (Å²) in [5.74, 6) is 2.75. The maximum atomic E-state index is 5.66. The lowest BCUT2D eigenvalue weighted by atomic mass is 10.0. The molecule has 0 spiro atoms. The first-order valence-corrected chi connectivity index (χ1v) is 21.0. The van der Waals surface area contributed by atoms with Gasteiger partial charge in [0.15, 0.2) is 0 Å². The second-order valence-corrected chi connectivity index (χ2v) is 15.3. The van der Waals surface area contributed by atoms with Gasteiger partial charge in [-0.25, -0.2) is 15.0 Å². The van der Waals surface area contributed by atoms with E-state index in [2.05, 4.69) is 140 Å². The van der Waals surface area contributed by atoms with Gasteiger partial charge in [-0.2, -0.15) is 0 Å². The smallest absolute Gasteiger partial charge is 0.141 e. The topological polar surface area (TPSA) is 92.1 Å². The molecule has 0 atom stereocenters. The van der Waals surface area contributed by atoms with Crippen molar-refractivity contribution in [2.45, 2.75) is 59.7 Å². The second kappa shape index (κ2) is 15.8. The average molecular weight is 784 g/mol. The van der Waals surface area contributed by atoms with Gasteiger partial charge < -0.3 is 13.7 Å². The van der Waals surface area contributed by atoms with Crippen LogP contribution in [0.1, 0.15) is 40.0 Å². The van der Waals surface area contributed by atoms with Crippen molar-refractivity contribution >= 4 is 33.1 Å². The van der Waals surface area contributed by atoms with Gasteiger partial charge in [-0.15, -0.1) is 0 Å². The molecule has 0 unspecified atom stereocenters. The number of imidazole rings is 3. The van der Waals surface area contributed by atoms with E-state index in [9.17, 15) is 0 Å². The third-order valence-electron chi connectivity index (χ3n) is 11.3. The zero-order valence-electron chi connectivity index (χ0n) is 34.1. The third kappa shape index (κ3) is 6.43. The monoisotopic (exact) mass is 783 g/mol. The fraction of sp³-hybridized carbons (Fsp3) is 0.176. The highest BCUT2D eigenvalue weighted by atomic mass is 15.2. The van der Waals surface area contributed by atoms with E-state index in [1.807, 2.05) is 55.4 Å². The van der Waals surface area contributed by atoms with Crippen LogP contribution < -0.4 is 0 Å². The molecule has 9 nitrogen and oxygen atoms in total. The van der Waals surface area contributed by atoms with Gasteiger partial charge in [0.2, 0.25) is 0 Å². The number of benzene rings is 4. The number of aryl methyl sites for hydroxylation is 3. The summed E-state index contributed by atoms with van der Waals surface area (Å²) in [4.78, 5) is 30.2. The Morgan fingerprint density at radius 3 is 0.900 bits per heavy atom. The second-order valence-electron chi connectivity index (χ2n) is 15.3. The zero-order chi connectivity index (χ0) is 40.6. The summed E-state index contributed by atoms with van der Waals surface area (Å²) in [6, 6.07) is 38.3. The van der Waals surface area contributed by atoms with E-state index in [1.54, 1.807) is 0 Å². The molecule has 10 rings (SSSR count). The number of pyridine rings is 3. The first kappa shape index (κ1) is 37.0. The Labute approximate surface area is 349 Å². The molecule has 0 radical (unpaired) electrons. The number of hydrogen-bond acceptors (Lipinski definition) is 6. The van der Waals surface area contributed by atoms with Crippen LogP contribution in [0.15, 0.2) is 146 Å². The molecule has 0 aliphatic heterocycles. The summed E-state index contributed by atoms with van der Waals surface area (Å²) in [6.45, 7) is 9.03. The summed E-state index contributed by atoms with van der Waals surface area (Å²) in [5, 5.41) is 0. The molecule has 0 saturated heterocycles. The van der Waals surface area contributed by atoms with Crippen molar-refractivity contribution in [3.63, 3.8) is 0 Å². The van der Waals surface area contributed by atoms with Crippen LogP contribution in [0.25, 0.3) is 101 Å². The van der Waals surface area contributed by atoms with Crippen molar-refractivity contribution in [1.29, 1.82) is 0 Å². The largest absolute Gasteiger partial charge is 0.322 e. The number of rotatable bonds is 12. The Morgan fingerprint density at radius 2 is 0.633 bits per heavy atom. The molecule has 6 aromatic heterocycles. The maximum absolute atomic E-state index is 5.66. The van der Waals surface area contributed by atoms with Gasteiger partial charge in [-0.1, -0.05) is 93.6 Å². The molecule has 4 aromatic carbocycles. The fourth-order valence-electron chi connectivity index (χ4n) is 8.67. The van der Waals surface area contributed by atoms with E-state index < -0.39 is 0 Å². The number of hydrogen-bond donors (Lipinski definition) is 0. The van der Waals surface area contributed by atoms with Crippen LogP contribution >= 0.6 is 0 Å². The highest BCUT2D eigenvalue weighted by molar-refractivity contribution is 6.21. The zero-order valence-corrected chi connectivity index (χ0v) is 34.1. The minimum Gasteiger partial charge on any atom is -0.322 e. The Hall–Kier alpha value is -7.26. The van der Waals surface area contributed by atoms with E-state index in [4.69, 9.17) is 15.0 Å². The molecule has 0 saturated carbocycles. The lowest BCUT2D eigenvalue weighted by Gasteiger charge is -2.11. The van der Waals surface area contributed by atoms with Crippen LogP contribution in [0.4, 0.5) is 0 Å². The normalized spacial score (nSPS) is 11.7. The standard InChI is InChI=1S/C51H45N9/c1-4-25-58-46-43(55-49(58)37-16-7-13-34(28-37)40-19-10-22-52-31-40)47-45(57-51(59(47)26-5-2)39-18-9-15-36(30-39)42-21-12-24-54-33-42)48-44(46)56-50(60(48)27-6-3)38-17-8-14-35(29-38)41-20-11-23-53-32-41/h7-24,28-33H,4-6,25-27H2,1-3H3. The van der Waals surface area contributed by atoms with Crippen molar-refractivity contribution in [2.24, 2.45) is 0 Å². The Morgan fingerprint density at radius 1 is 0.350 bits per heavy atom. The highest BCUT2D eigenvalue weighted by Gasteiger charge is 2.29. The molecule has 0 aliphatic carbocycles. The van der Waals surface area contributed by atoms with Crippen molar-refractivity contribution in [3.8, 4) is 67.5 Å². The molecule has 60 heavy (non-hydrogen) atoms. The van der Waals surface area contributed by atoms with Crippen LogP contribution in [0.2, 0.25) is 0 Å². The molecule has 294 valence electrons. The van der Waals surface area contributed by atoms with Gasteiger partial charge in [0, 0.05) is 90.2 Å². The molecule has 0 amide bonds. The molecular formula is C51H45N9. The SMILES string of the molecule is CCCn1c(-c2cccc(-c3cccnc3)c2)nc2c1c1nc(-c3cccc(-c4cccnc4)c3)n(CCC)c1c1nc(-c3cccc(-c4cccnc4)c3)n(CCC)c21. The highest BCUT2D eigenvalue weighted by Crippen LogP contribution is 2.42. The predicted octanol–water partition coefficient (Wildman–Crippen LogP) is 12.2. The quantitative estimate of drug-likeness (QED) is 0.122. The first-order valence-electron chi connectivity index (χ1n) is 21.0. The Balaban J connectivity index is 1.31. The van der Waals surface area contributed by atoms with Gasteiger partial charge in [-0.05, 0) is 72.4 Å². The van der Waals surface area contributed by atoms with Crippen LogP contribution in [0, 0.1) is 0 Å². The average Bonchev–Trinajstić information content (AvgIpc) is 4.00. The molecule has 0 aliphatic rings. The third-order valence-corrected chi connectivity index (χ3v) is 11.3. The minimum atomic E-state index is 0.776. The summed E-state index contributed by atoms with van der Waals surface area (Å²) < 4.78 is 7.22. The van der Waals surface area contributed by atoms with Crippen molar-refractivity contribution in [1.82, 2.24) is 43.6 Å². The van der Waals surface area contributed by atoms with E-state index in [0.717, 1.165) is 140 Å². The summed E-state index contributed by atoms with van der Waals surface area (Å²) in [5.41, 5.74) is 15.5. The van der Waals surface area contributed by atoms with Crippen LogP contribution in [0.3, 0.4) is 0 Å². The van der Waals surface area contributed by atoms with E-state index >= 15 is 0 Å². The first-order chi connectivity index (χ1) is 29.6. The summed E-state index contributed by atoms with van der Waals surface area (Å²) in [6.07, 6.45) is 14.0. The molecule has 10 aromatic rings. The van der Waals surface area contributed by atoms with E-state index in [-0.39, 0.29) is 0 Å². The Kier molecular flexibility index (Phi) is 9.77. The molecule has 0 N–H and O–H groups in total. The fourth-order valence-corrected chi connectivity index (χ4v) is 8.67. The van der Waals surface area contributed by atoms with Crippen molar-refractivity contribution < 1.29 is 0 Å². The Bertz CT molecular complexity index is 2760. The minimum absolute atomic E-state index is 0.776. The van der Waals surface area contributed by atoms with Gasteiger partial charge in [-0.3, -0.25) is 15.0 Å². The van der Waals surface area contributed by atoms with Crippen molar-refractivity contribution in [3.05, 3.63) is 146 Å². The number of aromatic nitrogens is 9. The van der Waals surface area contributed by atoms with E-state index in [1.165, 1.54) is 0 Å². The van der Waals surface area contributed by atoms with Crippen molar-refractivity contribution in [2.75, 3.05) is 0 Å². The predicted molar refractivity (Wildman–Crippen MR) is 243 cm³/mol. The van der Waals surface area contributed by atoms with Gasteiger partial charge in [0.05, 0.1) is 16.6 Å². The number of fused-ring (bicyclic) bond motifs is 6. The van der Waals surface area contributed by atoms with Crippen LogP contribution in [-0.4, -0.2) is 43.6 Å². The summed E-state index contributed by atoms with van der Waals surface area (Å²) in [7, 11) is 0. The molecule has 0 fully saturated rings. The lowest BCUT2D eigenvalue weighted by molar-refractivity contribution is 0.703. The molecule has 9 heteroatoms. The van der Waals surface area contributed by atoms with Gasteiger partial charge >= 0.3 is 0 Å². The lowest BCUT2D eigenvalue weighted by Crippen LogP contribution is -2.02. The van der Waals surface area contributed by atoms with Gasteiger partial charge in [0.1, 0.15) is 34.0 Å².